The molecule has 1 unspecified atom stereocenters. The molecule has 1 amide bonds. The maximum atomic E-state index is 12.2. The van der Waals surface area contributed by atoms with Crippen LogP contribution < -0.4 is 5.32 Å². The summed E-state index contributed by atoms with van der Waals surface area (Å²) in [7, 11) is 1.75. The SMILES string of the molecule is CCNC(=NCCN(CC)C(=O)OC(C)(C)C)N1CCC(COC)C1.I. The van der Waals surface area contributed by atoms with Gasteiger partial charge in [-0.15, -0.1) is 24.0 Å². The Morgan fingerprint density at radius 2 is 2.04 bits per heavy atom. The van der Waals surface area contributed by atoms with Crippen molar-refractivity contribution in [3.8, 4) is 0 Å². The molecule has 7 nitrogen and oxygen atoms in total. The predicted molar refractivity (Wildman–Crippen MR) is 116 cm³/mol. The number of aliphatic imine (C=N–C) groups is 1. The third-order valence-corrected chi connectivity index (χ3v) is 3.99. The predicted octanol–water partition coefficient (Wildman–Crippen LogP) is 2.80. The number of nitrogens with zero attached hydrogens (tertiary/aromatic N) is 3. The van der Waals surface area contributed by atoms with Crippen molar-refractivity contribution in [2.75, 3.05) is 53.0 Å². The van der Waals surface area contributed by atoms with E-state index in [1.165, 1.54) is 0 Å². The van der Waals surface area contributed by atoms with Crippen LogP contribution in [0.5, 0.6) is 0 Å². The lowest BCUT2D eigenvalue weighted by Crippen LogP contribution is -2.41. The number of nitrogens with one attached hydrogen (secondary N) is 1. The molecular formula is C18H37IN4O3. The zero-order chi connectivity index (χ0) is 18.9. The first-order valence-corrected chi connectivity index (χ1v) is 9.30. The highest BCUT2D eigenvalue weighted by Gasteiger charge is 2.25. The van der Waals surface area contributed by atoms with E-state index < -0.39 is 5.60 Å². The van der Waals surface area contributed by atoms with Crippen LogP contribution >= 0.6 is 24.0 Å². The van der Waals surface area contributed by atoms with Crippen LogP contribution in [0, 0.1) is 5.92 Å². The molecule has 1 N–H and O–H groups in total. The van der Waals surface area contributed by atoms with Crippen LogP contribution in [-0.2, 0) is 9.47 Å². The Kier molecular flexibility index (Phi) is 12.2. The van der Waals surface area contributed by atoms with Gasteiger partial charge in [-0.25, -0.2) is 4.79 Å². The molecular weight excluding hydrogens is 447 g/mol. The quantitative estimate of drug-likeness (QED) is 0.342. The summed E-state index contributed by atoms with van der Waals surface area (Å²) in [5.41, 5.74) is -0.478. The van der Waals surface area contributed by atoms with Crippen molar-refractivity contribution in [1.29, 1.82) is 0 Å². The van der Waals surface area contributed by atoms with E-state index >= 15 is 0 Å². The van der Waals surface area contributed by atoms with Gasteiger partial charge >= 0.3 is 6.09 Å². The number of methoxy groups -OCH3 is 1. The van der Waals surface area contributed by atoms with Crippen LogP contribution in [0.3, 0.4) is 0 Å². The molecule has 0 saturated carbocycles. The first-order chi connectivity index (χ1) is 11.8. The Hall–Kier alpha value is -0.770. The number of hydrogen-bond donors (Lipinski definition) is 1. The largest absolute Gasteiger partial charge is 0.444 e. The molecule has 1 saturated heterocycles. The fraction of sp³-hybridized carbons (Fsp3) is 0.889. The average molecular weight is 484 g/mol. The number of carbonyl (C=O) groups excluding carboxylic acids is 1. The summed E-state index contributed by atoms with van der Waals surface area (Å²) in [4.78, 5) is 20.8. The fourth-order valence-electron chi connectivity index (χ4n) is 2.80. The maximum Gasteiger partial charge on any atom is 0.410 e. The summed E-state index contributed by atoms with van der Waals surface area (Å²) < 4.78 is 10.7. The van der Waals surface area contributed by atoms with Gasteiger partial charge in [0.1, 0.15) is 5.60 Å². The lowest BCUT2D eigenvalue weighted by atomic mass is 10.1. The maximum absolute atomic E-state index is 12.2. The van der Waals surface area contributed by atoms with Crippen LogP contribution in [-0.4, -0.2) is 80.4 Å². The van der Waals surface area contributed by atoms with Crippen molar-refractivity contribution in [1.82, 2.24) is 15.1 Å². The van der Waals surface area contributed by atoms with Crippen molar-refractivity contribution in [3.05, 3.63) is 0 Å². The van der Waals surface area contributed by atoms with E-state index in [0.29, 0.717) is 25.6 Å². The molecule has 154 valence electrons. The van der Waals surface area contributed by atoms with Gasteiger partial charge in [0, 0.05) is 45.8 Å². The summed E-state index contributed by atoms with van der Waals surface area (Å²) in [6.07, 6.45) is 0.841. The minimum Gasteiger partial charge on any atom is -0.444 e. The normalized spacial score (nSPS) is 17.7. The van der Waals surface area contributed by atoms with Crippen LogP contribution in [0.1, 0.15) is 41.0 Å². The number of likely N-dealkylation sites (tertiary alicyclic amines) is 1. The minimum absolute atomic E-state index is 0. The zero-order valence-corrected chi connectivity index (χ0v) is 19.5. The molecule has 1 rings (SSSR count). The number of carbonyl (C=O) groups is 1. The van der Waals surface area contributed by atoms with E-state index in [1.54, 1.807) is 12.0 Å². The first-order valence-electron chi connectivity index (χ1n) is 9.30. The van der Waals surface area contributed by atoms with E-state index in [4.69, 9.17) is 14.5 Å². The Bertz CT molecular complexity index is 441. The summed E-state index contributed by atoms with van der Waals surface area (Å²) in [6, 6.07) is 0. The van der Waals surface area contributed by atoms with Crippen LogP contribution in [0.2, 0.25) is 0 Å². The summed E-state index contributed by atoms with van der Waals surface area (Å²) >= 11 is 0. The molecule has 0 spiro atoms. The van der Waals surface area contributed by atoms with Gasteiger partial charge in [-0.3, -0.25) is 4.99 Å². The minimum atomic E-state index is -0.478. The number of halogens is 1. The van der Waals surface area contributed by atoms with E-state index in [2.05, 4.69) is 17.1 Å². The molecule has 0 aliphatic carbocycles. The van der Waals surface area contributed by atoms with E-state index in [-0.39, 0.29) is 30.1 Å². The van der Waals surface area contributed by atoms with Crippen molar-refractivity contribution < 1.29 is 14.3 Å². The van der Waals surface area contributed by atoms with E-state index in [9.17, 15) is 4.79 Å². The molecule has 1 atom stereocenters. The summed E-state index contributed by atoms with van der Waals surface area (Å²) in [6.45, 7) is 14.9. The molecule has 0 bridgehead atoms. The van der Waals surface area contributed by atoms with Gasteiger partial charge in [-0.2, -0.15) is 0 Å². The monoisotopic (exact) mass is 484 g/mol. The van der Waals surface area contributed by atoms with Crippen LogP contribution in [0.25, 0.3) is 0 Å². The number of rotatable bonds is 7. The lowest BCUT2D eigenvalue weighted by molar-refractivity contribution is 0.0266. The summed E-state index contributed by atoms with van der Waals surface area (Å²) in [5, 5.41) is 3.35. The molecule has 8 heteroatoms. The Morgan fingerprint density at radius 3 is 2.58 bits per heavy atom. The van der Waals surface area contributed by atoms with Crippen molar-refractivity contribution in [2.45, 2.75) is 46.6 Å². The van der Waals surface area contributed by atoms with Crippen molar-refractivity contribution in [2.24, 2.45) is 10.9 Å². The van der Waals surface area contributed by atoms with Crippen molar-refractivity contribution in [3.63, 3.8) is 0 Å². The molecule has 0 aromatic heterocycles. The van der Waals surface area contributed by atoms with Gasteiger partial charge in [-0.05, 0) is 41.0 Å². The number of amides is 1. The number of ether oxygens (including phenoxy) is 2. The fourth-order valence-corrected chi connectivity index (χ4v) is 2.80. The van der Waals surface area contributed by atoms with E-state index in [1.807, 2.05) is 27.7 Å². The third-order valence-electron chi connectivity index (χ3n) is 3.99. The second-order valence-corrected chi connectivity index (χ2v) is 7.35. The van der Waals surface area contributed by atoms with Crippen LogP contribution in [0.15, 0.2) is 4.99 Å². The number of likely N-dealkylation sites (N-methyl/N-ethyl adjacent to an activating group) is 1. The molecule has 0 radical (unpaired) electrons. The molecule has 26 heavy (non-hydrogen) atoms. The Labute approximate surface area is 175 Å². The van der Waals surface area contributed by atoms with Gasteiger partial charge in [0.25, 0.3) is 0 Å². The highest BCUT2D eigenvalue weighted by Crippen LogP contribution is 2.16. The lowest BCUT2D eigenvalue weighted by Gasteiger charge is -2.26. The molecule has 0 aromatic rings. The second-order valence-electron chi connectivity index (χ2n) is 7.35. The topological polar surface area (TPSA) is 66.4 Å². The van der Waals surface area contributed by atoms with E-state index in [0.717, 1.165) is 38.6 Å². The molecule has 1 heterocycles. The molecule has 1 aliphatic heterocycles. The summed E-state index contributed by atoms with van der Waals surface area (Å²) in [5.74, 6) is 1.48. The van der Waals surface area contributed by atoms with Crippen LogP contribution in [0.4, 0.5) is 4.79 Å². The Balaban J connectivity index is 0.00000625. The van der Waals surface area contributed by atoms with Gasteiger partial charge in [0.15, 0.2) is 5.96 Å². The second kappa shape index (κ2) is 12.6. The zero-order valence-electron chi connectivity index (χ0n) is 17.2. The number of guanidine groups is 1. The third kappa shape index (κ3) is 9.25. The van der Waals surface area contributed by atoms with Gasteiger partial charge in [-0.1, -0.05) is 0 Å². The standard InChI is InChI=1S/C18H36N4O3.HI/c1-7-19-16(22-11-9-15(13-22)14-24-6)20-10-12-21(8-2)17(23)25-18(3,4)5;/h15H,7-14H2,1-6H3,(H,19,20);1H. The Morgan fingerprint density at radius 1 is 1.35 bits per heavy atom. The van der Waals surface area contributed by atoms with Gasteiger partial charge < -0.3 is 24.6 Å². The number of hydrogen-bond acceptors (Lipinski definition) is 4. The smallest absolute Gasteiger partial charge is 0.410 e. The van der Waals surface area contributed by atoms with Gasteiger partial charge in [0.2, 0.25) is 0 Å². The molecule has 1 fully saturated rings. The van der Waals surface area contributed by atoms with Gasteiger partial charge in [0.05, 0.1) is 13.2 Å². The first kappa shape index (κ1) is 25.2. The highest BCUT2D eigenvalue weighted by atomic mass is 127. The molecule has 0 aromatic carbocycles. The molecule has 1 aliphatic rings. The average Bonchev–Trinajstić information content (AvgIpc) is 2.97. The van der Waals surface area contributed by atoms with Crippen molar-refractivity contribution >= 4 is 36.0 Å². The highest BCUT2D eigenvalue weighted by molar-refractivity contribution is 14.0.